The molecular weight excluding hydrogens is 187 g/mol. The summed E-state index contributed by atoms with van der Waals surface area (Å²) in [4.78, 5) is 10.9. The number of amides is 1. The van der Waals surface area contributed by atoms with Crippen LogP contribution in [-0.4, -0.2) is 12.6 Å². The molecule has 14 heavy (non-hydrogen) atoms. The molecule has 0 radical (unpaired) electrons. The molecule has 5 heteroatoms. The number of benzene rings is 1. The predicted octanol–water partition coefficient (Wildman–Crippen LogP) is 1.52. The van der Waals surface area contributed by atoms with E-state index in [1.54, 1.807) is 6.92 Å². The maximum atomic E-state index is 13.0. The van der Waals surface area contributed by atoms with Crippen molar-refractivity contribution in [3.8, 4) is 5.75 Å². The van der Waals surface area contributed by atoms with Crippen LogP contribution in [0.15, 0.2) is 18.2 Å². The first kappa shape index (κ1) is 10.3. The molecule has 1 amide bonds. The van der Waals surface area contributed by atoms with E-state index in [2.05, 4.69) is 10.1 Å². The Morgan fingerprint density at radius 1 is 1.64 bits per heavy atom. The average Bonchev–Trinajstić information content (AvgIpc) is 2.12. The van der Waals surface area contributed by atoms with Crippen LogP contribution >= 0.6 is 0 Å². The van der Waals surface area contributed by atoms with Gasteiger partial charge in [0.05, 0.1) is 0 Å². The highest BCUT2D eigenvalue weighted by Crippen LogP contribution is 2.19. The molecule has 0 aliphatic heterocycles. The van der Waals surface area contributed by atoms with Gasteiger partial charge < -0.3 is 15.8 Å². The number of carbonyl (C=O) groups excluding carboxylic acids is 1. The van der Waals surface area contributed by atoms with Crippen LogP contribution in [0.3, 0.4) is 0 Å². The molecule has 0 bridgehead atoms. The second kappa shape index (κ2) is 4.45. The first-order chi connectivity index (χ1) is 6.63. The molecule has 1 rings (SSSR count). The van der Waals surface area contributed by atoms with Crippen molar-refractivity contribution in [2.45, 2.75) is 6.92 Å². The third-order valence-electron chi connectivity index (χ3n) is 1.48. The smallest absolute Gasteiger partial charge is 0.407 e. The van der Waals surface area contributed by atoms with Crippen LogP contribution in [0, 0.1) is 5.82 Å². The van der Waals surface area contributed by atoms with Crippen LogP contribution in [0.2, 0.25) is 0 Å². The first-order valence-electron chi connectivity index (χ1n) is 4.14. The molecule has 4 nitrogen and oxygen atoms in total. The van der Waals surface area contributed by atoms with Gasteiger partial charge in [-0.3, -0.25) is 0 Å². The molecule has 0 unspecified atom stereocenters. The lowest BCUT2D eigenvalue weighted by Crippen LogP contribution is -2.26. The summed E-state index contributed by atoms with van der Waals surface area (Å²) in [6, 6.07) is 3.79. The Morgan fingerprint density at radius 3 is 3.00 bits per heavy atom. The molecule has 0 fully saturated rings. The Hall–Kier alpha value is -1.78. The number of carbonyl (C=O) groups is 1. The molecule has 0 saturated heterocycles. The number of rotatable bonds is 2. The lowest BCUT2D eigenvalue weighted by Gasteiger charge is -2.05. The van der Waals surface area contributed by atoms with E-state index in [0.29, 0.717) is 12.2 Å². The highest BCUT2D eigenvalue weighted by Gasteiger charge is 2.08. The van der Waals surface area contributed by atoms with E-state index in [1.165, 1.54) is 12.1 Å². The topological polar surface area (TPSA) is 64.3 Å². The fourth-order valence-corrected chi connectivity index (χ4v) is 0.878. The molecular formula is C9H11FN2O2. The first-order valence-corrected chi connectivity index (χ1v) is 4.14. The van der Waals surface area contributed by atoms with Crippen molar-refractivity contribution < 1.29 is 13.9 Å². The van der Waals surface area contributed by atoms with Gasteiger partial charge in [0.1, 0.15) is 0 Å². The van der Waals surface area contributed by atoms with E-state index >= 15 is 0 Å². The monoisotopic (exact) mass is 198 g/mol. The van der Waals surface area contributed by atoms with Crippen LogP contribution in [0.5, 0.6) is 5.75 Å². The molecule has 0 aliphatic rings. The standard InChI is InChI=1S/C9H11FN2O2/c1-2-12-9(13)14-8-5-6(11)3-4-7(8)10/h3-5H,2,11H2,1H3,(H,12,13). The largest absolute Gasteiger partial charge is 0.412 e. The molecule has 0 spiro atoms. The van der Waals surface area contributed by atoms with Crippen molar-refractivity contribution in [2.75, 3.05) is 12.3 Å². The quantitative estimate of drug-likeness (QED) is 0.708. The van der Waals surface area contributed by atoms with Crippen LogP contribution < -0.4 is 15.8 Å². The summed E-state index contributed by atoms with van der Waals surface area (Å²) in [6.45, 7) is 2.15. The Balaban J connectivity index is 2.75. The second-order valence-electron chi connectivity index (χ2n) is 2.61. The molecule has 0 atom stereocenters. The number of nitrogen functional groups attached to an aromatic ring is 1. The number of halogens is 1. The van der Waals surface area contributed by atoms with Gasteiger partial charge in [-0.05, 0) is 19.1 Å². The molecule has 76 valence electrons. The molecule has 3 N–H and O–H groups in total. The van der Waals surface area contributed by atoms with Crippen LogP contribution in [0.25, 0.3) is 0 Å². The molecule has 0 aliphatic carbocycles. The fourth-order valence-electron chi connectivity index (χ4n) is 0.878. The van der Waals surface area contributed by atoms with Crippen molar-refractivity contribution in [2.24, 2.45) is 0 Å². The minimum atomic E-state index is -0.697. The Labute approximate surface area is 80.9 Å². The number of ether oxygens (including phenoxy) is 1. The minimum Gasteiger partial charge on any atom is -0.407 e. The van der Waals surface area contributed by atoms with Gasteiger partial charge in [-0.1, -0.05) is 0 Å². The summed E-state index contributed by atoms with van der Waals surface area (Å²) in [5.74, 6) is -0.790. The van der Waals surface area contributed by atoms with Crippen LogP contribution in [-0.2, 0) is 0 Å². The molecule has 1 aromatic carbocycles. The predicted molar refractivity (Wildman–Crippen MR) is 50.5 cm³/mol. The molecule has 0 heterocycles. The van der Waals surface area contributed by atoms with E-state index in [1.807, 2.05) is 0 Å². The fraction of sp³-hybridized carbons (Fsp3) is 0.222. The highest BCUT2D eigenvalue weighted by molar-refractivity contribution is 5.70. The third kappa shape index (κ3) is 2.62. The number of nitrogens with one attached hydrogen (secondary N) is 1. The van der Waals surface area contributed by atoms with Gasteiger partial charge in [0.2, 0.25) is 0 Å². The van der Waals surface area contributed by atoms with E-state index in [4.69, 9.17) is 5.73 Å². The van der Waals surface area contributed by atoms with Crippen molar-refractivity contribution in [3.05, 3.63) is 24.0 Å². The lowest BCUT2D eigenvalue weighted by atomic mass is 10.3. The van der Waals surface area contributed by atoms with Crippen LogP contribution in [0.4, 0.5) is 14.9 Å². The Kier molecular flexibility index (Phi) is 3.28. The van der Waals surface area contributed by atoms with Gasteiger partial charge in [-0.15, -0.1) is 0 Å². The number of nitrogens with two attached hydrogens (primary N) is 1. The summed E-state index contributed by atoms with van der Waals surface area (Å²) in [5, 5.41) is 2.37. The molecule has 1 aromatic rings. The SMILES string of the molecule is CCNC(=O)Oc1cc(N)ccc1F. The maximum Gasteiger partial charge on any atom is 0.412 e. The zero-order valence-corrected chi connectivity index (χ0v) is 7.71. The van der Waals surface area contributed by atoms with E-state index in [0.717, 1.165) is 6.07 Å². The molecule has 0 saturated carbocycles. The summed E-state index contributed by atoms with van der Waals surface area (Å²) in [7, 11) is 0. The van der Waals surface area contributed by atoms with Crippen molar-refractivity contribution in [3.63, 3.8) is 0 Å². The summed E-state index contributed by atoms with van der Waals surface area (Å²) >= 11 is 0. The Morgan fingerprint density at radius 2 is 2.36 bits per heavy atom. The summed E-state index contributed by atoms with van der Waals surface area (Å²) < 4.78 is 17.7. The number of hydrogen-bond acceptors (Lipinski definition) is 3. The van der Waals surface area contributed by atoms with Crippen molar-refractivity contribution >= 4 is 11.8 Å². The van der Waals surface area contributed by atoms with Crippen LogP contribution in [0.1, 0.15) is 6.92 Å². The summed E-state index contributed by atoms with van der Waals surface area (Å²) in [6.07, 6.45) is -0.697. The number of hydrogen-bond donors (Lipinski definition) is 2. The van der Waals surface area contributed by atoms with Gasteiger partial charge in [0, 0.05) is 18.3 Å². The van der Waals surface area contributed by atoms with Crippen molar-refractivity contribution in [1.29, 1.82) is 0 Å². The molecule has 0 aromatic heterocycles. The van der Waals surface area contributed by atoms with Gasteiger partial charge in [0.15, 0.2) is 11.6 Å². The third-order valence-corrected chi connectivity index (χ3v) is 1.48. The van der Waals surface area contributed by atoms with Gasteiger partial charge >= 0.3 is 6.09 Å². The number of anilines is 1. The van der Waals surface area contributed by atoms with E-state index < -0.39 is 11.9 Å². The second-order valence-corrected chi connectivity index (χ2v) is 2.61. The summed E-state index contributed by atoms with van der Waals surface area (Å²) in [5.41, 5.74) is 5.74. The zero-order valence-electron chi connectivity index (χ0n) is 7.71. The Bertz CT molecular complexity index is 342. The van der Waals surface area contributed by atoms with Gasteiger partial charge in [0.25, 0.3) is 0 Å². The van der Waals surface area contributed by atoms with Gasteiger partial charge in [-0.25, -0.2) is 9.18 Å². The van der Waals surface area contributed by atoms with Crippen molar-refractivity contribution in [1.82, 2.24) is 5.32 Å². The highest BCUT2D eigenvalue weighted by atomic mass is 19.1. The normalized spacial score (nSPS) is 9.57. The lowest BCUT2D eigenvalue weighted by molar-refractivity contribution is 0.199. The van der Waals surface area contributed by atoms with E-state index in [9.17, 15) is 9.18 Å². The van der Waals surface area contributed by atoms with E-state index in [-0.39, 0.29) is 5.75 Å². The van der Waals surface area contributed by atoms with Gasteiger partial charge in [-0.2, -0.15) is 0 Å². The maximum absolute atomic E-state index is 13.0. The average molecular weight is 198 g/mol. The zero-order chi connectivity index (χ0) is 10.6. The minimum absolute atomic E-state index is 0.170.